The zero-order chi connectivity index (χ0) is 13.9. The Morgan fingerprint density at radius 1 is 1.35 bits per heavy atom. The number of nitrogens with zero attached hydrogens (tertiary/aromatic N) is 3. The van der Waals surface area contributed by atoms with E-state index in [2.05, 4.69) is 34.3 Å². The molecule has 0 radical (unpaired) electrons. The van der Waals surface area contributed by atoms with Crippen molar-refractivity contribution in [2.45, 2.75) is 19.1 Å². The lowest BCUT2D eigenvalue weighted by molar-refractivity contribution is 0.191. The van der Waals surface area contributed by atoms with Crippen molar-refractivity contribution in [3.8, 4) is 5.88 Å². The predicted molar refractivity (Wildman–Crippen MR) is 78.4 cm³/mol. The maximum atomic E-state index is 5.90. The van der Waals surface area contributed by atoms with Crippen molar-refractivity contribution in [1.82, 2.24) is 14.7 Å². The molecular formula is C15H20N4O. The second kappa shape index (κ2) is 5.54. The van der Waals surface area contributed by atoms with Gasteiger partial charge in [0.15, 0.2) is 0 Å². The smallest absolute Gasteiger partial charge is 0.256 e. The number of hydrogen-bond acceptors (Lipinski definition) is 4. The van der Waals surface area contributed by atoms with E-state index in [-0.39, 0.29) is 6.10 Å². The summed E-state index contributed by atoms with van der Waals surface area (Å²) in [5.41, 5.74) is 7.80. The van der Waals surface area contributed by atoms with Crippen molar-refractivity contribution < 1.29 is 4.74 Å². The molecule has 0 bridgehead atoms. The third-order valence-corrected chi connectivity index (χ3v) is 3.58. The lowest BCUT2D eigenvalue weighted by Gasteiger charge is -2.16. The molecular weight excluding hydrogens is 252 g/mol. The van der Waals surface area contributed by atoms with Gasteiger partial charge in [0.25, 0.3) is 5.88 Å². The molecule has 1 atom stereocenters. The molecule has 20 heavy (non-hydrogen) atoms. The number of anilines is 1. The van der Waals surface area contributed by atoms with E-state index < -0.39 is 0 Å². The number of nitrogens with two attached hydrogens (primary N) is 1. The van der Waals surface area contributed by atoms with Gasteiger partial charge in [-0.1, -0.05) is 30.3 Å². The number of ether oxygens (including phenoxy) is 1. The van der Waals surface area contributed by atoms with Crippen LogP contribution in [0.1, 0.15) is 12.0 Å². The fourth-order valence-corrected chi connectivity index (χ4v) is 2.61. The Morgan fingerprint density at radius 2 is 2.15 bits per heavy atom. The molecule has 1 unspecified atom stereocenters. The standard InChI is InChI=1S/C15H20N4O/c1-18-11-14(16)15(17-18)20-13-7-8-19(10-13)9-12-5-3-2-4-6-12/h2-6,11,13H,7-10,16H2,1H3. The van der Waals surface area contributed by atoms with Crippen LogP contribution in [0.15, 0.2) is 36.5 Å². The number of likely N-dealkylation sites (tertiary alicyclic amines) is 1. The summed E-state index contributed by atoms with van der Waals surface area (Å²) < 4.78 is 7.58. The first-order valence-corrected chi connectivity index (χ1v) is 6.93. The average molecular weight is 272 g/mol. The maximum absolute atomic E-state index is 5.90. The number of aryl methyl sites for hydroxylation is 1. The summed E-state index contributed by atoms with van der Waals surface area (Å²) in [6, 6.07) is 10.5. The van der Waals surface area contributed by atoms with Crippen molar-refractivity contribution in [2.24, 2.45) is 7.05 Å². The van der Waals surface area contributed by atoms with Crippen LogP contribution in [0.4, 0.5) is 5.69 Å². The Bertz CT molecular complexity index is 567. The Labute approximate surface area is 118 Å². The van der Waals surface area contributed by atoms with E-state index in [0.29, 0.717) is 11.6 Å². The molecule has 5 heteroatoms. The molecule has 0 spiro atoms. The third-order valence-electron chi connectivity index (χ3n) is 3.58. The van der Waals surface area contributed by atoms with Crippen LogP contribution < -0.4 is 10.5 Å². The minimum absolute atomic E-state index is 0.177. The molecule has 0 amide bonds. The van der Waals surface area contributed by atoms with Gasteiger partial charge in [0.1, 0.15) is 11.8 Å². The SMILES string of the molecule is Cn1cc(N)c(OC2CCN(Cc3ccccc3)C2)n1. The fourth-order valence-electron chi connectivity index (χ4n) is 2.61. The van der Waals surface area contributed by atoms with Gasteiger partial charge in [-0.3, -0.25) is 9.58 Å². The predicted octanol–water partition coefficient (Wildman–Crippen LogP) is 1.66. The Balaban J connectivity index is 1.56. The van der Waals surface area contributed by atoms with Crippen LogP contribution in [0.25, 0.3) is 0 Å². The molecule has 1 saturated heterocycles. The number of nitrogen functional groups attached to an aromatic ring is 1. The van der Waals surface area contributed by atoms with Crippen molar-refractivity contribution in [3.05, 3.63) is 42.1 Å². The van der Waals surface area contributed by atoms with Crippen LogP contribution >= 0.6 is 0 Å². The largest absolute Gasteiger partial charge is 0.470 e. The number of hydrogen-bond donors (Lipinski definition) is 1. The van der Waals surface area contributed by atoms with Gasteiger partial charge in [-0.2, -0.15) is 0 Å². The quantitative estimate of drug-likeness (QED) is 0.919. The molecule has 0 aliphatic carbocycles. The zero-order valence-corrected chi connectivity index (χ0v) is 11.7. The van der Waals surface area contributed by atoms with Crippen LogP contribution in [0.3, 0.4) is 0 Å². The maximum Gasteiger partial charge on any atom is 0.256 e. The number of rotatable bonds is 4. The van der Waals surface area contributed by atoms with Crippen LogP contribution in [0.2, 0.25) is 0 Å². The van der Waals surface area contributed by atoms with Gasteiger partial charge < -0.3 is 10.5 Å². The molecule has 1 aliphatic heterocycles. The Hall–Kier alpha value is -2.01. The molecule has 2 heterocycles. The summed E-state index contributed by atoms with van der Waals surface area (Å²) in [6.07, 6.45) is 2.96. The van der Waals surface area contributed by atoms with Crippen molar-refractivity contribution in [3.63, 3.8) is 0 Å². The van der Waals surface area contributed by atoms with E-state index in [9.17, 15) is 0 Å². The summed E-state index contributed by atoms with van der Waals surface area (Å²) in [5, 5.41) is 4.23. The first-order chi connectivity index (χ1) is 9.70. The van der Waals surface area contributed by atoms with E-state index in [1.807, 2.05) is 13.1 Å². The summed E-state index contributed by atoms with van der Waals surface area (Å²) in [5.74, 6) is 0.555. The Kier molecular flexibility index (Phi) is 3.60. The first-order valence-electron chi connectivity index (χ1n) is 6.93. The monoisotopic (exact) mass is 272 g/mol. The molecule has 106 valence electrons. The molecule has 1 aliphatic rings. The van der Waals surface area contributed by atoms with Crippen LogP contribution in [-0.4, -0.2) is 33.9 Å². The van der Waals surface area contributed by atoms with E-state index in [4.69, 9.17) is 10.5 Å². The van der Waals surface area contributed by atoms with Crippen molar-refractivity contribution in [1.29, 1.82) is 0 Å². The highest BCUT2D eigenvalue weighted by atomic mass is 16.5. The summed E-state index contributed by atoms with van der Waals surface area (Å²) in [6.45, 7) is 2.94. The van der Waals surface area contributed by atoms with Gasteiger partial charge in [-0.05, 0) is 12.0 Å². The van der Waals surface area contributed by atoms with Gasteiger partial charge in [0, 0.05) is 26.7 Å². The molecule has 0 saturated carbocycles. The van der Waals surface area contributed by atoms with E-state index in [1.54, 1.807) is 10.9 Å². The van der Waals surface area contributed by atoms with Crippen LogP contribution in [0, 0.1) is 0 Å². The number of aromatic nitrogens is 2. The minimum Gasteiger partial charge on any atom is -0.470 e. The lowest BCUT2D eigenvalue weighted by Crippen LogP contribution is -2.24. The lowest BCUT2D eigenvalue weighted by atomic mass is 10.2. The van der Waals surface area contributed by atoms with Crippen LogP contribution in [0.5, 0.6) is 5.88 Å². The topological polar surface area (TPSA) is 56.3 Å². The van der Waals surface area contributed by atoms with Gasteiger partial charge in [0.05, 0.1) is 6.20 Å². The van der Waals surface area contributed by atoms with Gasteiger partial charge in [0.2, 0.25) is 0 Å². The van der Waals surface area contributed by atoms with Crippen LogP contribution in [-0.2, 0) is 13.6 Å². The molecule has 1 fully saturated rings. The molecule has 1 aromatic carbocycles. The summed E-state index contributed by atoms with van der Waals surface area (Å²) in [4.78, 5) is 2.40. The zero-order valence-electron chi connectivity index (χ0n) is 11.7. The minimum atomic E-state index is 0.177. The molecule has 2 aromatic rings. The van der Waals surface area contributed by atoms with E-state index in [0.717, 1.165) is 26.1 Å². The Morgan fingerprint density at radius 3 is 2.85 bits per heavy atom. The normalized spacial score (nSPS) is 19.4. The van der Waals surface area contributed by atoms with Gasteiger partial charge >= 0.3 is 0 Å². The number of benzene rings is 1. The highest BCUT2D eigenvalue weighted by molar-refractivity contribution is 5.45. The first kappa shape index (κ1) is 13.0. The molecule has 1 aromatic heterocycles. The summed E-state index contributed by atoms with van der Waals surface area (Å²) in [7, 11) is 1.85. The highest BCUT2D eigenvalue weighted by Crippen LogP contribution is 2.23. The average Bonchev–Trinajstić information content (AvgIpc) is 2.98. The molecule has 3 rings (SSSR count). The fraction of sp³-hybridized carbons (Fsp3) is 0.400. The van der Waals surface area contributed by atoms with Gasteiger partial charge in [-0.25, -0.2) is 0 Å². The van der Waals surface area contributed by atoms with E-state index in [1.165, 1.54) is 5.56 Å². The van der Waals surface area contributed by atoms with Crippen molar-refractivity contribution in [2.75, 3.05) is 18.8 Å². The molecule has 5 nitrogen and oxygen atoms in total. The second-order valence-electron chi connectivity index (χ2n) is 5.31. The van der Waals surface area contributed by atoms with Crippen molar-refractivity contribution >= 4 is 5.69 Å². The summed E-state index contributed by atoms with van der Waals surface area (Å²) >= 11 is 0. The third kappa shape index (κ3) is 2.93. The molecule has 2 N–H and O–H groups in total. The highest BCUT2D eigenvalue weighted by Gasteiger charge is 2.25. The second-order valence-corrected chi connectivity index (χ2v) is 5.31. The van der Waals surface area contributed by atoms with E-state index >= 15 is 0 Å². The van der Waals surface area contributed by atoms with Gasteiger partial charge in [-0.15, -0.1) is 5.10 Å².